The van der Waals surface area contributed by atoms with Gasteiger partial charge in [-0.15, -0.1) is 0 Å². The van der Waals surface area contributed by atoms with E-state index in [-0.39, 0.29) is 0 Å². The van der Waals surface area contributed by atoms with E-state index in [1.807, 2.05) is 0 Å². The van der Waals surface area contributed by atoms with Gasteiger partial charge in [0.25, 0.3) is 0 Å². The minimum atomic E-state index is 0.722. The maximum Gasteiger partial charge on any atom is 0.0716 e. The van der Waals surface area contributed by atoms with E-state index in [1.54, 1.807) is 0 Å². The van der Waals surface area contributed by atoms with E-state index in [4.69, 9.17) is 4.74 Å². The van der Waals surface area contributed by atoms with Crippen LogP contribution >= 0.6 is 0 Å². The van der Waals surface area contributed by atoms with Gasteiger partial charge in [-0.2, -0.15) is 0 Å². The van der Waals surface area contributed by atoms with Crippen molar-refractivity contribution in [3.05, 3.63) is 71.8 Å². The number of benzene rings is 2. The Morgan fingerprint density at radius 2 is 1.47 bits per heavy atom. The first kappa shape index (κ1) is 22.8. The summed E-state index contributed by atoms with van der Waals surface area (Å²) in [4.78, 5) is 0. The fourth-order valence-electron chi connectivity index (χ4n) is 4.57. The minimum absolute atomic E-state index is 0.722. The zero-order valence-electron chi connectivity index (χ0n) is 19.1. The molecule has 162 valence electrons. The number of hydrogen-bond donors (Lipinski definition) is 0. The highest BCUT2D eigenvalue weighted by molar-refractivity contribution is 5.64. The van der Waals surface area contributed by atoms with E-state index in [1.165, 1.54) is 73.6 Å². The molecule has 2 aromatic carbocycles. The number of allylic oxidation sites excluding steroid dienone is 2. The molecule has 0 atom stereocenters. The van der Waals surface area contributed by atoms with Gasteiger partial charge < -0.3 is 4.74 Å². The SMILES string of the molecule is CCC=CCC1CCC(c2ccc(-c3ccc(COCCCCC)cc3)cc2)CC1. The van der Waals surface area contributed by atoms with Gasteiger partial charge in [-0.3, -0.25) is 0 Å². The van der Waals surface area contributed by atoms with Crippen LogP contribution in [-0.4, -0.2) is 6.61 Å². The molecule has 0 radical (unpaired) electrons. The molecule has 0 bridgehead atoms. The van der Waals surface area contributed by atoms with Gasteiger partial charge in [0.1, 0.15) is 0 Å². The van der Waals surface area contributed by atoms with Crippen LogP contribution in [-0.2, 0) is 11.3 Å². The molecule has 1 aliphatic rings. The second-order valence-corrected chi connectivity index (χ2v) is 8.91. The molecule has 1 heteroatoms. The lowest BCUT2D eigenvalue weighted by Gasteiger charge is -2.28. The molecule has 0 saturated heterocycles. The predicted octanol–water partition coefficient (Wildman–Crippen LogP) is 8.69. The predicted molar refractivity (Wildman–Crippen MR) is 130 cm³/mol. The Balaban J connectivity index is 1.48. The monoisotopic (exact) mass is 404 g/mol. The number of hydrogen-bond acceptors (Lipinski definition) is 1. The van der Waals surface area contributed by atoms with E-state index in [0.717, 1.165) is 31.5 Å². The Labute approximate surface area is 184 Å². The van der Waals surface area contributed by atoms with Gasteiger partial charge in [0.2, 0.25) is 0 Å². The first-order valence-electron chi connectivity index (χ1n) is 12.2. The van der Waals surface area contributed by atoms with Crippen molar-refractivity contribution < 1.29 is 4.74 Å². The average Bonchev–Trinajstić information content (AvgIpc) is 2.80. The fourth-order valence-corrected chi connectivity index (χ4v) is 4.57. The summed E-state index contributed by atoms with van der Waals surface area (Å²) in [6, 6.07) is 18.2. The standard InChI is InChI=1S/C29H40O/c1-3-5-7-9-24-10-14-26(15-11-24)28-18-20-29(21-19-28)27-16-12-25(13-17-27)23-30-22-8-6-4-2/h5,7,12-13,16-21,24,26H,3-4,6,8-11,14-15,22-23H2,1-2H3. The van der Waals surface area contributed by atoms with Crippen molar-refractivity contribution in [2.45, 2.75) is 84.2 Å². The van der Waals surface area contributed by atoms with Crippen molar-refractivity contribution >= 4 is 0 Å². The van der Waals surface area contributed by atoms with Crippen LogP contribution in [0.5, 0.6) is 0 Å². The van der Waals surface area contributed by atoms with Crippen LogP contribution < -0.4 is 0 Å². The third-order valence-electron chi connectivity index (χ3n) is 6.55. The first-order valence-corrected chi connectivity index (χ1v) is 12.2. The molecule has 0 unspecified atom stereocenters. The molecule has 30 heavy (non-hydrogen) atoms. The van der Waals surface area contributed by atoms with Gasteiger partial charge in [0, 0.05) is 6.61 Å². The Morgan fingerprint density at radius 1 is 0.800 bits per heavy atom. The lowest BCUT2D eigenvalue weighted by molar-refractivity contribution is 0.117. The second kappa shape index (κ2) is 12.7. The van der Waals surface area contributed by atoms with E-state index < -0.39 is 0 Å². The quantitative estimate of drug-likeness (QED) is 0.269. The largest absolute Gasteiger partial charge is 0.377 e. The maximum atomic E-state index is 5.78. The summed E-state index contributed by atoms with van der Waals surface area (Å²) < 4.78 is 5.78. The smallest absolute Gasteiger partial charge is 0.0716 e. The molecule has 0 heterocycles. The molecular weight excluding hydrogens is 364 g/mol. The van der Waals surface area contributed by atoms with Gasteiger partial charge >= 0.3 is 0 Å². The highest BCUT2D eigenvalue weighted by atomic mass is 16.5. The summed E-state index contributed by atoms with van der Waals surface area (Å²) >= 11 is 0. The van der Waals surface area contributed by atoms with Crippen molar-refractivity contribution in [1.82, 2.24) is 0 Å². The van der Waals surface area contributed by atoms with Crippen LogP contribution in [0.25, 0.3) is 11.1 Å². The number of rotatable bonds is 11. The molecule has 0 spiro atoms. The first-order chi connectivity index (χ1) is 14.8. The molecule has 0 aromatic heterocycles. The number of unbranched alkanes of at least 4 members (excludes halogenated alkanes) is 2. The number of ether oxygens (including phenoxy) is 1. The van der Waals surface area contributed by atoms with E-state index in [9.17, 15) is 0 Å². The van der Waals surface area contributed by atoms with Crippen LogP contribution in [0.2, 0.25) is 0 Å². The van der Waals surface area contributed by atoms with Gasteiger partial charge in [-0.1, -0.05) is 87.4 Å². The zero-order valence-corrected chi connectivity index (χ0v) is 19.1. The van der Waals surface area contributed by atoms with E-state index in [2.05, 4.69) is 74.5 Å². The normalized spacial score (nSPS) is 19.4. The average molecular weight is 405 g/mol. The van der Waals surface area contributed by atoms with Crippen LogP contribution in [0, 0.1) is 5.92 Å². The molecule has 1 aliphatic carbocycles. The molecule has 0 aliphatic heterocycles. The highest BCUT2D eigenvalue weighted by Crippen LogP contribution is 2.37. The Bertz CT molecular complexity index is 733. The molecule has 1 fully saturated rings. The van der Waals surface area contributed by atoms with Gasteiger partial charge in [-0.05, 0) is 79.0 Å². The highest BCUT2D eigenvalue weighted by Gasteiger charge is 2.21. The lowest BCUT2D eigenvalue weighted by Crippen LogP contribution is -2.12. The van der Waals surface area contributed by atoms with Crippen molar-refractivity contribution in [1.29, 1.82) is 0 Å². The molecule has 0 amide bonds. The summed E-state index contributed by atoms with van der Waals surface area (Å²) in [7, 11) is 0. The molecule has 0 N–H and O–H groups in total. The van der Waals surface area contributed by atoms with E-state index in [0.29, 0.717) is 0 Å². The third kappa shape index (κ3) is 7.13. The Morgan fingerprint density at radius 3 is 2.10 bits per heavy atom. The van der Waals surface area contributed by atoms with Crippen molar-refractivity contribution in [2.75, 3.05) is 6.61 Å². The summed E-state index contributed by atoms with van der Waals surface area (Å²) in [5.74, 6) is 1.65. The van der Waals surface area contributed by atoms with Gasteiger partial charge in [0.05, 0.1) is 6.61 Å². The Kier molecular flexibility index (Phi) is 9.70. The topological polar surface area (TPSA) is 9.23 Å². The molecule has 2 aromatic rings. The van der Waals surface area contributed by atoms with Gasteiger partial charge in [-0.25, -0.2) is 0 Å². The van der Waals surface area contributed by atoms with Crippen molar-refractivity contribution in [2.24, 2.45) is 5.92 Å². The van der Waals surface area contributed by atoms with Crippen LogP contribution in [0.3, 0.4) is 0 Å². The Hall–Kier alpha value is -1.86. The summed E-state index contributed by atoms with van der Waals surface area (Å²) in [5, 5.41) is 0. The molecule has 1 saturated carbocycles. The summed E-state index contributed by atoms with van der Waals surface area (Å²) in [6.45, 7) is 6.03. The molecule has 1 nitrogen and oxygen atoms in total. The van der Waals surface area contributed by atoms with Crippen molar-refractivity contribution in [3.8, 4) is 11.1 Å². The summed E-state index contributed by atoms with van der Waals surface area (Å²) in [5.41, 5.74) is 5.39. The zero-order chi connectivity index (χ0) is 21.0. The second-order valence-electron chi connectivity index (χ2n) is 8.91. The third-order valence-corrected chi connectivity index (χ3v) is 6.55. The maximum absolute atomic E-state index is 5.78. The van der Waals surface area contributed by atoms with Crippen LogP contribution in [0.4, 0.5) is 0 Å². The minimum Gasteiger partial charge on any atom is -0.377 e. The molecule has 3 rings (SSSR count). The van der Waals surface area contributed by atoms with E-state index >= 15 is 0 Å². The fraction of sp³-hybridized carbons (Fsp3) is 0.517. The summed E-state index contributed by atoms with van der Waals surface area (Å²) in [6.07, 6.45) is 16.3. The van der Waals surface area contributed by atoms with Crippen LogP contribution in [0.15, 0.2) is 60.7 Å². The van der Waals surface area contributed by atoms with Crippen molar-refractivity contribution in [3.63, 3.8) is 0 Å². The van der Waals surface area contributed by atoms with Gasteiger partial charge in [0.15, 0.2) is 0 Å². The molecular formula is C29H40O. The lowest BCUT2D eigenvalue weighted by atomic mass is 9.77. The van der Waals surface area contributed by atoms with Crippen LogP contribution in [0.1, 0.15) is 88.7 Å².